The number of aromatic nitrogens is 2. The molecule has 1 aromatic heterocycles. The maximum absolute atomic E-state index is 13.9. The molecule has 2 rings (SSSR count). The molecule has 0 atom stereocenters. The van der Waals surface area contributed by atoms with E-state index in [-0.39, 0.29) is 11.7 Å². The Morgan fingerprint density at radius 3 is 2.60 bits per heavy atom. The first kappa shape index (κ1) is 14.4. The van der Waals surface area contributed by atoms with Crippen LogP contribution in [0.2, 0.25) is 0 Å². The van der Waals surface area contributed by atoms with Crippen molar-refractivity contribution in [2.45, 2.75) is 33.2 Å². The molecule has 0 unspecified atom stereocenters. The van der Waals surface area contributed by atoms with Crippen LogP contribution in [0.4, 0.5) is 4.39 Å². The van der Waals surface area contributed by atoms with Crippen LogP contribution < -0.4 is 10.5 Å². The van der Waals surface area contributed by atoms with Gasteiger partial charge in [0, 0.05) is 24.2 Å². The van der Waals surface area contributed by atoms with Crippen molar-refractivity contribution in [3.63, 3.8) is 0 Å². The molecule has 0 spiro atoms. The minimum absolute atomic E-state index is 0.134. The summed E-state index contributed by atoms with van der Waals surface area (Å²) in [5, 5.41) is 0. The van der Waals surface area contributed by atoms with Gasteiger partial charge in [-0.05, 0) is 24.6 Å². The molecule has 0 aliphatic heterocycles. The Morgan fingerprint density at radius 2 is 2.00 bits per heavy atom. The fourth-order valence-corrected chi connectivity index (χ4v) is 1.74. The second-order valence-corrected chi connectivity index (χ2v) is 4.93. The number of hydrogen-bond donors (Lipinski definition) is 1. The van der Waals surface area contributed by atoms with Gasteiger partial charge in [-0.25, -0.2) is 9.37 Å². The van der Waals surface area contributed by atoms with Crippen LogP contribution in [-0.2, 0) is 6.54 Å². The lowest BCUT2D eigenvalue weighted by atomic mass is 10.2. The largest absolute Gasteiger partial charge is 0.436 e. The highest BCUT2D eigenvalue weighted by molar-refractivity contribution is 5.32. The zero-order chi connectivity index (χ0) is 14.7. The monoisotopic (exact) mass is 275 g/mol. The Bertz CT molecular complexity index is 614. The molecule has 0 saturated heterocycles. The van der Waals surface area contributed by atoms with Gasteiger partial charge in [0.05, 0.1) is 0 Å². The van der Waals surface area contributed by atoms with Gasteiger partial charge in [0.15, 0.2) is 11.6 Å². The normalized spacial score (nSPS) is 10.9. The van der Waals surface area contributed by atoms with Gasteiger partial charge in [0.2, 0.25) is 5.88 Å². The number of aryl methyl sites for hydroxylation is 1. The van der Waals surface area contributed by atoms with Crippen LogP contribution in [0.3, 0.4) is 0 Å². The number of rotatable bonds is 4. The zero-order valence-corrected chi connectivity index (χ0v) is 11.9. The van der Waals surface area contributed by atoms with Gasteiger partial charge in [-0.3, -0.25) is 0 Å². The Hall–Kier alpha value is -2.01. The molecule has 0 amide bonds. The van der Waals surface area contributed by atoms with Crippen LogP contribution >= 0.6 is 0 Å². The summed E-state index contributed by atoms with van der Waals surface area (Å²) in [5.41, 5.74) is 6.97. The average Bonchev–Trinajstić information content (AvgIpc) is 2.40. The van der Waals surface area contributed by atoms with Gasteiger partial charge in [0.25, 0.3) is 0 Å². The van der Waals surface area contributed by atoms with Crippen molar-refractivity contribution in [1.82, 2.24) is 9.97 Å². The quantitative estimate of drug-likeness (QED) is 0.930. The van der Waals surface area contributed by atoms with Crippen molar-refractivity contribution in [1.29, 1.82) is 0 Å². The van der Waals surface area contributed by atoms with Gasteiger partial charge in [-0.15, -0.1) is 0 Å². The van der Waals surface area contributed by atoms with E-state index in [1.807, 2.05) is 20.8 Å². The first-order chi connectivity index (χ1) is 9.49. The number of hydrogen-bond acceptors (Lipinski definition) is 4. The smallest absolute Gasteiger partial charge is 0.222 e. The molecule has 2 N–H and O–H groups in total. The maximum Gasteiger partial charge on any atom is 0.222 e. The summed E-state index contributed by atoms with van der Waals surface area (Å²) in [7, 11) is 0. The SMILES string of the molecule is Cc1cc(Oc2ccc(CN)cc2F)nc(C(C)C)n1. The van der Waals surface area contributed by atoms with E-state index in [9.17, 15) is 4.39 Å². The van der Waals surface area contributed by atoms with E-state index >= 15 is 0 Å². The average molecular weight is 275 g/mol. The molecule has 1 aromatic carbocycles. The highest BCUT2D eigenvalue weighted by Gasteiger charge is 2.10. The van der Waals surface area contributed by atoms with Crippen molar-refractivity contribution in [2.75, 3.05) is 0 Å². The van der Waals surface area contributed by atoms with Gasteiger partial charge < -0.3 is 10.5 Å². The van der Waals surface area contributed by atoms with Crippen LogP contribution in [0.15, 0.2) is 24.3 Å². The predicted octanol–water partition coefficient (Wildman–Crippen LogP) is 3.30. The highest BCUT2D eigenvalue weighted by Crippen LogP contribution is 2.25. The van der Waals surface area contributed by atoms with E-state index in [4.69, 9.17) is 10.5 Å². The summed E-state index contributed by atoms with van der Waals surface area (Å²) in [6, 6.07) is 6.34. The van der Waals surface area contributed by atoms with Gasteiger partial charge in [-0.2, -0.15) is 4.98 Å². The van der Waals surface area contributed by atoms with Gasteiger partial charge >= 0.3 is 0 Å². The number of benzene rings is 1. The van der Waals surface area contributed by atoms with Gasteiger partial charge in [0.1, 0.15) is 5.82 Å². The summed E-state index contributed by atoms with van der Waals surface area (Å²) in [5.74, 6) is 0.895. The molecule has 0 aliphatic rings. The topological polar surface area (TPSA) is 61.0 Å². The first-order valence-electron chi connectivity index (χ1n) is 6.51. The van der Waals surface area contributed by atoms with Crippen LogP contribution in [0.25, 0.3) is 0 Å². The molecule has 0 saturated carbocycles. The minimum Gasteiger partial charge on any atom is -0.436 e. The Morgan fingerprint density at radius 1 is 1.25 bits per heavy atom. The molecule has 1 heterocycles. The van der Waals surface area contributed by atoms with Crippen LogP contribution in [0, 0.1) is 12.7 Å². The number of halogens is 1. The first-order valence-corrected chi connectivity index (χ1v) is 6.51. The summed E-state index contributed by atoms with van der Waals surface area (Å²) in [4.78, 5) is 8.61. The Balaban J connectivity index is 2.30. The summed E-state index contributed by atoms with van der Waals surface area (Å²) in [6.07, 6.45) is 0. The van der Waals surface area contributed by atoms with Crippen molar-refractivity contribution in [2.24, 2.45) is 5.73 Å². The molecule has 4 nitrogen and oxygen atoms in total. The van der Waals surface area contributed by atoms with E-state index in [2.05, 4.69) is 9.97 Å². The van der Waals surface area contributed by atoms with Crippen molar-refractivity contribution in [3.8, 4) is 11.6 Å². The molecule has 0 fully saturated rings. The van der Waals surface area contributed by atoms with Crippen molar-refractivity contribution >= 4 is 0 Å². The second-order valence-electron chi connectivity index (χ2n) is 4.93. The highest BCUT2D eigenvalue weighted by atomic mass is 19.1. The molecule has 20 heavy (non-hydrogen) atoms. The van der Waals surface area contributed by atoms with Crippen molar-refractivity contribution in [3.05, 3.63) is 47.2 Å². The predicted molar refractivity (Wildman–Crippen MR) is 75.2 cm³/mol. The third-order valence-electron chi connectivity index (χ3n) is 2.81. The molecule has 2 aromatic rings. The third kappa shape index (κ3) is 3.30. The fourth-order valence-electron chi connectivity index (χ4n) is 1.74. The molecular weight excluding hydrogens is 257 g/mol. The maximum atomic E-state index is 13.9. The molecule has 0 radical (unpaired) electrons. The van der Waals surface area contributed by atoms with E-state index in [1.54, 1.807) is 18.2 Å². The lowest BCUT2D eigenvalue weighted by Gasteiger charge is -2.10. The van der Waals surface area contributed by atoms with Crippen molar-refractivity contribution < 1.29 is 9.13 Å². The van der Waals surface area contributed by atoms with Crippen LogP contribution in [-0.4, -0.2) is 9.97 Å². The zero-order valence-electron chi connectivity index (χ0n) is 11.9. The lowest BCUT2D eigenvalue weighted by molar-refractivity contribution is 0.422. The molecule has 106 valence electrons. The molecule has 0 bridgehead atoms. The minimum atomic E-state index is -0.449. The number of nitrogens with zero attached hydrogens (tertiary/aromatic N) is 2. The Labute approximate surface area is 117 Å². The number of ether oxygens (including phenoxy) is 1. The van der Waals surface area contributed by atoms with Gasteiger partial charge in [-0.1, -0.05) is 19.9 Å². The third-order valence-corrected chi connectivity index (χ3v) is 2.81. The van der Waals surface area contributed by atoms with E-state index in [1.165, 1.54) is 6.07 Å². The standard InChI is InChI=1S/C15H18FN3O/c1-9(2)15-18-10(3)6-14(19-15)20-13-5-4-11(8-17)7-12(13)16/h4-7,9H,8,17H2,1-3H3. The van der Waals surface area contributed by atoms with E-state index < -0.39 is 5.82 Å². The molecule has 5 heteroatoms. The summed E-state index contributed by atoms with van der Waals surface area (Å²) >= 11 is 0. The van der Waals surface area contributed by atoms with Crippen LogP contribution in [0.5, 0.6) is 11.6 Å². The summed E-state index contributed by atoms with van der Waals surface area (Å²) < 4.78 is 19.4. The van der Waals surface area contributed by atoms with E-state index in [0.717, 1.165) is 11.3 Å². The Kier molecular flexibility index (Phi) is 4.29. The number of nitrogens with two attached hydrogens (primary N) is 1. The molecular formula is C15H18FN3O. The fraction of sp³-hybridized carbons (Fsp3) is 0.333. The second kappa shape index (κ2) is 5.96. The lowest BCUT2D eigenvalue weighted by Crippen LogP contribution is -2.02. The van der Waals surface area contributed by atoms with Crippen LogP contribution in [0.1, 0.15) is 36.8 Å². The van der Waals surface area contributed by atoms with E-state index in [0.29, 0.717) is 18.2 Å². The summed E-state index contributed by atoms with van der Waals surface area (Å²) in [6.45, 7) is 6.14. The molecule has 0 aliphatic carbocycles.